The number of methoxy groups -OCH3 is 4. The first-order chi connectivity index (χ1) is 14.1. The number of cyclic esters (lactones) is 1. The van der Waals surface area contributed by atoms with E-state index in [1.165, 1.54) is 21.3 Å². The number of rotatable bonds is 7. The molecule has 150 valence electrons. The van der Waals surface area contributed by atoms with Gasteiger partial charge in [-0.1, -0.05) is 18.2 Å². The van der Waals surface area contributed by atoms with Crippen molar-refractivity contribution in [3.8, 4) is 23.0 Å². The number of carbonyl (C=O) groups excluding carboxylic acids is 1. The van der Waals surface area contributed by atoms with Gasteiger partial charge in [0, 0.05) is 23.3 Å². The van der Waals surface area contributed by atoms with Gasteiger partial charge in [-0.2, -0.15) is 0 Å². The second-order valence-electron chi connectivity index (χ2n) is 5.89. The van der Waals surface area contributed by atoms with Gasteiger partial charge in [-0.3, -0.25) is 0 Å². The highest BCUT2D eigenvalue weighted by Gasteiger charge is 2.22. The molecule has 0 radical (unpaired) electrons. The first-order valence-electron chi connectivity index (χ1n) is 8.73. The number of aliphatic imine (C=N–C) groups is 1. The van der Waals surface area contributed by atoms with Crippen molar-refractivity contribution in [2.75, 3.05) is 28.4 Å². The van der Waals surface area contributed by atoms with Gasteiger partial charge in [0.05, 0.1) is 28.4 Å². The topological polar surface area (TPSA) is 75.6 Å². The molecule has 0 fully saturated rings. The van der Waals surface area contributed by atoms with Gasteiger partial charge in [-0.25, -0.2) is 9.79 Å². The molecule has 0 saturated carbocycles. The highest BCUT2D eigenvalue weighted by molar-refractivity contribution is 6.11. The van der Waals surface area contributed by atoms with E-state index in [2.05, 4.69) is 4.99 Å². The predicted molar refractivity (Wildman–Crippen MR) is 110 cm³/mol. The molecule has 0 unspecified atom stereocenters. The van der Waals surface area contributed by atoms with Crippen LogP contribution in [0, 0.1) is 0 Å². The monoisotopic (exact) mass is 395 g/mol. The Morgan fingerprint density at radius 2 is 1.45 bits per heavy atom. The molecule has 2 aromatic carbocycles. The third kappa shape index (κ3) is 4.40. The fraction of sp³-hybridized carbons (Fsp3) is 0.182. The molecule has 1 aliphatic heterocycles. The highest BCUT2D eigenvalue weighted by Crippen LogP contribution is 2.36. The van der Waals surface area contributed by atoms with Crippen molar-refractivity contribution in [3.05, 3.63) is 59.3 Å². The summed E-state index contributed by atoms with van der Waals surface area (Å²) in [6.45, 7) is 0. The Morgan fingerprint density at radius 3 is 2.14 bits per heavy atom. The van der Waals surface area contributed by atoms with E-state index in [0.717, 1.165) is 5.56 Å². The van der Waals surface area contributed by atoms with E-state index >= 15 is 0 Å². The Kier molecular flexibility index (Phi) is 6.19. The van der Waals surface area contributed by atoms with E-state index in [1.54, 1.807) is 37.5 Å². The minimum atomic E-state index is -0.554. The maximum Gasteiger partial charge on any atom is 0.363 e. The lowest BCUT2D eigenvalue weighted by Gasteiger charge is -2.12. The van der Waals surface area contributed by atoms with Gasteiger partial charge in [0.25, 0.3) is 0 Å². The van der Waals surface area contributed by atoms with Crippen LogP contribution in [0.3, 0.4) is 0 Å². The van der Waals surface area contributed by atoms with Crippen LogP contribution >= 0.6 is 0 Å². The number of carbonyl (C=O) groups is 1. The quantitative estimate of drug-likeness (QED) is 0.525. The second-order valence-corrected chi connectivity index (χ2v) is 5.89. The largest absolute Gasteiger partial charge is 0.496 e. The zero-order valence-electron chi connectivity index (χ0n) is 16.6. The van der Waals surface area contributed by atoms with E-state index in [4.69, 9.17) is 23.7 Å². The molecule has 0 bridgehead atoms. The molecule has 0 aliphatic carbocycles. The van der Waals surface area contributed by atoms with Crippen molar-refractivity contribution in [1.29, 1.82) is 0 Å². The lowest BCUT2D eigenvalue weighted by molar-refractivity contribution is -0.129. The fourth-order valence-electron chi connectivity index (χ4n) is 2.78. The molecule has 7 nitrogen and oxygen atoms in total. The molecule has 0 aromatic heterocycles. The molecule has 2 aromatic rings. The Hall–Kier alpha value is -3.74. The van der Waals surface area contributed by atoms with Crippen LogP contribution in [0.1, 0.15) is 11.1 Å². The molecular weight excluding hydrogens is 374 g/mol. The Morgan fingerprint density at radius 1 is 0.793 bits per heavy atom. The van der Waals surface area contributed by atoms with E-state index in [9.17, 15) is 4.79 Å². The number of hydrogen-bond acceptors (Lipinski definition) is 7. The van der Waals surface area contributed by atoms with Crippen LogP contribution in [0.15, 0.2) is 53.2 Å². The molecule has 0 saturated heterocycles. The number of nitrogens with zero attached hydrogens (tertiary/aromatic N) is 1. The lowest BCUT2D eigenvalue weighted by atomic mass is 10.1. The Labute approximate surface area is 168 Å². The molecule has 0 N–H and O–H groups in total. The average Bonchev–Trinajstić information content (AvgIpc) is 3.11. The van der Waals surface area contributed by atoms with Crippen LogP contribution in [0.25, 0.3) is 12.2 Å². The summed E-state index contributed by atoms with van der Waals surface area (Å²) in [4.78, 5) is 16.5. The second kappa shape index (κ2) is 8.97. The maximum absolute atomic E-state index is 12.2. The lowest BCUT2D eigenvalue weighted by Crippen LogP contribution is -2.01. The third-order valence-electron chi connectivity index (χ3n) is 4.21. The molecule has 7 heteroatoms. The molecule has 1 aliphatic rings. The average molecular weight is 395 g/mol. The van der Waals surface area contributed by atoms with Crippen LogP contribution in [-0.4, -0.2) is 40.3 Å². The fourth-order valence-corrected chi connectivity index (χ4v) is 2.78. The first-order valence-corrected chi connectivity index (χ1v) is 8.73. The summed E-state index contributed by atoms with van der Waals surface area (Å²) in [5, 5.41) is 0. The van der Waals surface area contributed by atoms with Crippen LogP contribution in [0.4, 0.5) is 0 Å². The zero-order valence-corrected chi connectivity index (χ0v) is 16.6. The molecular formula is C22H21NO6. The van der Waals surface area contributed by atoms with Crippen molar-refractivity contribution >= 4 is 24.0 Å². The molecule has 1 heterocycles. The minimum absolute atomic E-state index is 0.148. The Balaban J connectivity index is 1.92. The van der Waals surface area contributed by atoms with Gasteiger partial charge in [0.1, 0.15) is 11.5 Å². The summed E-state index contributed by atoms with van der Waals surface area (Å²) in [6.07, 6.45) is 4.96. The van der Waals surface area contributed by atoms with Crippen LogP contribution in [0.2, 0.25) is 0 Å². The van der Waals surface area contributed by atoms with Gasteiger partial charge in [-0.15, -0.1) is 0 Å². The molecule has 29 heavy (non-hydrogen) atoms. The SMILES string of the molecule is COc1ccccc1C=CC1=NC(=Cc2cc(OC)c(OC)cc2OC)C(=O)O1. The summed E-state index contributed by atoms with van der Waals surface area (Å²) < 4.78 is 26.5. The molecule has 0 spiro atoms. The summed E-state index contributed by atoms with van der Waals surface area (Å²) in [5.74, 6) is 1.87. The molecule has 0 atom stereocenters. The third-order valence-corrected chi connectivity index (χ3v) is 4.21. The van der Waals surface area contributed by atoms with Crippen molar-refractivity contribution in [2.24, 2.45) is 4.99 Å². The number of hydrogen-bond donors (Lipinski definition) is 0. The van der Waals surface area contributed by atoms with Gasteiger partial charge in [0.15, 0.2) is 17.2 Å². The smallest absolute Gasteiger partial charge is 0.363 e. The van der Waals surface area contributed by atoms with Gasteiger partial charge in [-0.05, 0) is 24.3 Å². The van der Waals surface area contributed by atoms with Gasteiger partial charge in [0.2, 0.25) is 5.90 Å². The van der Waals surface area contributed by atoms with Crippen LogP contribution in [0.5, 0.6) is 23.0 Å². The first kappa shape index (κ1) is 20.0. The van der Waals surface area contributed by atoms with Gasteiger partial charge >= 0.3 is 5.97 Å². The van der Waals surface area contributed by atoms with Crippen molar-refractivity contribution in [3.63, 3.8) is 0 Å². The number of ether oxygens (including phenoxy) is 5. The van der Waals surface area contributed by atoms with Crippen LogP contribution in [-0.2, 0) is 9.53 Å². The predicted octanol–water partition coefficient (Wildman–Crippen LogP) is 3.73. The zero-order chi connectivity index (χ0) is 20.8. The van der Waals surface area contributed by atoms with E-state index in [-0.39, 0.29) is 11.6 Å². The van der Waals surface area contributed by atoms with Crippen molar-refractivity contribution < 1.29 is 28.5 Å². The summed E-state index contributed by atoms with van der Waals surface area (Å²) >= 11 is 0. The number of para-hydroxylation sites is 1. The van der Waals surface area contributed by atoms with Gasteiger partial charge < -0.3 is 23.7 Å². The molecule has 0 amide bonds. The Bertz CT molecular complexity index is 1010. The maximum atomic E-state index is 12.2. The van der Waals surface area contributed by atoms with Crippen LogP contribution < -0.4 is 18.9 Å². The highest BCUT2D eigenvalue weighted by atomic mass is 16.6. The minimum Gasteiger partial charge on any atom is -0.496 e. The number of benzene rings is 2. The summed E-state index contributed by atoms with van der Waals surface area (Å²) in [5.41, 5.74) is 1.60. The van der Waals surface area contributed by atoms with E-state index in [0.29, 0.717) is 28.6 Å². The number of esters is 1. The summed E-state index contributed by atoms with van der Waals surface area (Å²) in [7, 11) is 6.19. The van der Waals surface area contributed by atoms with E-state index in [1.807, 2.05) is 24.3 Å². The van der Waals surface area contributed by atoms with E-state index < -0.39 is 5.97 Å². The summed E-state index contributed by atoms with van der Waals surface area (Å²) in [6, 6.07) is 10.9. The standard InChI is InChI=1S/C22H21NO6/c1-25-17-8-6-5-7-14(17)9-10-21-23-16(22(24)29-21)11-15-12-19(27-3)20(28-4)13-18(15)26-2/h5-13H,1-4H3. The molecule has 3 rings (SSSR count). The normalized spacial score (nSPS) is 14.7. The van der Waals surface area contributed by atoms with Crippen molar-refractivity contribution in [1.82, 2.24) is 0 Å². The van der Waals surface area contributed by atoms with Crippen molar-refractivity contribution in [2.45, 2.75) is 0 Å².